The standard InChI is InChI=1S/C21H34N2O3/c1-9-16-10-11-17(15(4)5)22-19(16)20(25)23(12-14(2)3)13-18(24)26-21(6,7)8/h9,15,17,22H,1-2,10-13H2,3-8H3. The molecule has 26 heavy (non-hydrogen) atoms. The highest BCUT2D eigenvalue weighted by Gasteiger charge is 2.30. The van der Waals surface area contributed by atoms with Gasteiger partial charge >= 0.3 is 5.97 Å². The first-order valence-corrected chi connectivity index (χ1v) is 9.22. The summed E-state index contributed by atoms with van der Waals surface area (Å²) in [6, 6.07) is 0.228. The summed E-state index contributed by atoms with van der Waals surface area (Å²) in [6.07, 6.45) is 3.49. The van der Waals surface area contributed by atoms with Crippen LogP contribution in [0.5, 0.6) is 0 Å². The topological polar surface area (TPSA) is 58.6 Å². The molecule has 1 atom stereocenters. The number of rotatable bonds is 7. The number of hydrogen-bond donors (Lipinski definition) is 1. The van der Waals surface area contributed by atoms with E-state index in [2.05, 4.69) is 32.3 Å². The molecule has 5 heteroatoms. The Labute approximate surface area is 158 Å². The number of ether oxygens (including phenoxy) is 1. The van der Waals surface area contributed by atoms with Gasteiger partial charge in [-0.15, -0.1) is 0 Å². The van der Waals surface area contributed by atoms with Gasteiger partial charge in [-0.3, -0.25) is 9.59 Å². The second-order valence-electron chi connectivity index (χ2n) is 8.34. The van der Waals surface area contributed by atoms with E-state index in [-0.39, 0.29) is 18.5 Å². The van der Waals surface area contributed by atoms with Crippen molar-refractivity contribution in [2.24, 2.45) is 5.92 Å². The van der Waals surface area contributed by atoms with E-state index >= 15 is 0 Å². The largest absolute Gasteiger partial charge is 0.459 e. The molecule has 1 rings (SSSR count). The molecule has 0 saturated heterocycles. The third kappa shape index (κ3) is 6.70. The molecule has 0 saturated carbocycles. The van der Waals surface area contributed by atoms with Crippen molar-refractivity contribution in [3.05, 3.63) is 36.1 Å². The molecule has 0 aliphatic carbocycles. The third-order valence-electron chi connectivity index (χ3n) is 4.13. The van der Waals surface area contributed by atoms with Crippen LogP contribution >= 0.6 is 0 Å². The van der Waals surface area contributed by atoms with Gasteiger partial charge in [-0.1, -0.05) is 38.7 Å². The van der Waals surface area contributed by atoms with Crippen LogP contribution in [0.3, 0.4) is 0 Å². The smallest absolute Gasteiger partial charge is 0.326 e. The number of carbonyl (C=O) groups is 2. The number of carbonyl (C=O) groups excluding carboxylic acids is 2. The van der Waals surface area contributed by atoms with Crippen LogP contribution in [0.1, 0.15) is 54.4 Å². The molecule has 1 N–H and O–H groups in total. The molecule has 0 spiro atoms. The maximum atomic E-state index is 13.2. The van der Waals surface area contributed by atoms with Crippen LogP contribution in [0.25, 0.3) is 0 Å². The molecule has 0 aromatic rings. The average Bonchev–Trinajstić information content (AvgIpc) is 2.50. The molecule has 0 bridgehead atoms. The van der Waals surface area contributed by atoms with Crippen LogP contribution in [-0.4, -0.2) is 41.5 Å². The van der Waals surface area contributed by atoms with Crippen molar-refractivity contribution < 1.29 is 14.3 Å². The molecule has 5 nitrogen and oxygen atoms in total. The van der Waals surface area contributed by atoms with Crippen molar-refractivity contribution in [1.29, 1.82) is 0 Å². The van der Waals surface area contributed by atoms with E-state index in [1.165, 1.54) is 4.90 Å². The van der Waals surface area contributed by atoms with E-state index in [0.717, 1.165) is 24.0 Å². The van der Waals surface area contributed by atoms with Crippen molar-refractivity contribution in [2.45, 2.75) is 66.0 Å². The molecule has 1 unspecified atom stereocenters. The summed E-state index contributed by atoms with van der Waals surface area (Å²) >= 11 is 0. The van der Waals surface area contributed by atoms with Crippen molar-refractivity contribution >= 4 is 11.9 Å². The van der Waals surface area contributed by atoms with Crippen molar-refractivity contribution in [3.8, 4) is 0 Å². The molecule has 0 radical (unpaired) electrons. The number of esters is 1. The van der Waals surface area contributed by atoms with Crippen LogP contribution in [-0.2, 0) is 14.3 Å². The maximum Gasteiger partial charge on any atom is 0.326 e. The van der Waals surface area contributed by atoms with Gasteiger partial charge in [0.05, 0.1) is 0 Å². The quantitative estimate of drug-likeness (QED) is 0.555. The highest BCUT2D eigenvalue weighted by Crippen LogP contribution is 2.24. The highest BCUT2D eigenvalue weighted by atomic mass is 16.6. The van der Waals surface area contributed by atoms with Crippen molar-refractivity contribution in [1.82, 2.24) is 10.2 Å². The number of amides is 1. The monoisotopic (exact) mass is 362 g/mol. The zero-order valence-electron chi connectivity index (χ0n) is 17.1. The van der Waals surface area contributed by atoms with Gasteiger partial charge in [0.1, 0.15) is 17.8 Å². The van der Waals surface area contributed by atoms with Crippen LogP contribution in [0, 0.1) is 5.92 Å². The Bertz CT molecular complexity index is 597. The lowest BCUT2D eigenvalue weighted by molar-refractivity contribution is -0.158. The van der Waals surface area contributed by atoms with Crippen LogP contribution in [0.2, 0.25) is 0 Å². The van der Waals surface area contributed by atoms with Crippen molar-refractivity contribution in [2.75, 3.05) is 13.1 Å². The molecular formula is C21H34N2O3. The molecule has 0 fully saturated rings. The SMILES string of the molecule is C=CC1=C(C(=O)N(CC(=C)C)CC(=O)OC(C)(C)C)NC(C(C)C)CC1. The Morgan fingerprint density at radius 2 is 1.96 bits per heavy atom. The minimum absolute atomic E-state index is 0.106. The summed E-state index contributed by atoms with van der Waals surface area (Å²) in [5.74, 6) is -0.229. The van der Waals surface area contributed by atoms with Gasteiger partial charge in [0.2, 0.25) is 0 Å². The molecule has 1 amide bonds. The normalized spacial score (nSPS) is 17.6. The Morgan fingerprint density at radius 1 is 1.35 bits per heavy atom. The first kappa shape index (κ1) is 22.0. The zero-order chi connectivity index (χ0) is 20.1. The number of nitrogens with one attached hydrogen (secondary N) is 1. The fourth-order valence-corrected chi connectivity index (χ4v) is 2.90. The maximum absolute atomic E-state index is 13.2. The fraction of sp³-hybridized carbons (Fsp3) is 0.619. The van der Waals surface area contributed by atoms with E-state index in [9.17, 15) is 9.59 Å². The van der Waals surface area contributed by atoms with Gasteiger partial charge in [-0.05, 0) is 52.0 Å². The van der Waals surface area contributed by atoms with E-state index in [1.807, 2.05) is 27.7 Å². The van der Waals surface area contributed by atoms with Gasteiger partial charge < -0.3 is 15.0 Å². The Hall–Kier alpha value is -2.04. The van der Waals surface area contributed by atoms with Crippen molar-refractivity contribution in [3.63, 3.8) is 0 Å². The summed E-state index contributed by atoms with van der Waals surface area (Å²) in [6.45, 7) is 19.4. The second-order valence-corrected chi connectivity index (χ2v) is 8.34. The first-order chi connectivity index (χ1) is 11.9. The van der Waals surface area contributed by atoms with E-state index in [0.29, 0.717) is 18.2 Å². The molecule has 1 heterocycles. The number of hydrogen-bond acceptors (Lipinski definition) is 4. The molecule has 0 aromatic heterocycles. The van der Waals surface area contributed by atoms with E-state index in [4.69, 9.17) is 4.74 Å². The average molecular weight is 363 g/mol. The lowest BCUT2D eigenvalue weighted by atomic mass is 9.91. The van der Waals surface area contributed by atoms with Gasteiger partial charge in [-0.25, -0.2) is 0 Å². The predicted octanol–water partition coefficient (Wildman–Crippen LogP) is 3.58. The van der Waals surface area contributed by atoms with Crippen LogP contribution in [0.4, 0.5) is 0 Å². The molecule has 146 valence electrons. The summed E-state index contributed by atoms with van der Waals surface area (Å²) in [7, 11) is 0. The first-order valence-electron chi connectivity index (χ1n) is 9.22. The van der Waals surface area contributed by atoms with E-state index in [1.54, 1.807) is 6.08 Å². The Morgan fingerprint density at radius 3 is 2.42 bits per heavy atom. The number of allylic oxidation sites excluding steroid dienone is 2. The summed E-state index contributed by atoms with van der Waals surface area (Å²) in [4.78, 5) is 26.9. The van der Waals surface area contributed by atoms with Gasteiger partial charge in [0.25, 0.3) is 5.91 Å². The number of nitrogens with zero attached hydrogens (tertiary/aromatic N) is 1. The highest BCUT2D eigenvalue weighted by molar-refractivity contribution is 5.96. The lowest BCUT2D eigenvalue weighted by Gasteiger charge is -2.33. The van der Waals surface area contributed by atoms with Gasteiger partial charge in [0.15, 0.2) is 0 Å². The van der Waals surface area contributed by atoms with Gasteiger partial charge in [0, 0.05) is 12.6 Å². The molecule has 0 aromatic carbocycles. The van der Waals surface area contributed by atoms with Gasteiger partial charge in [-0.2, -0.15) is 0 Å². The Balaban J connectivity index is 3.06. The van der Waals surface area contributed by atoms with E-state index < -0.39 is 11.6 Å². The van der Waals surface area contributed by atoms with Crippen LogP contribution in [0.15, 0.2) is 36.1 Å². The summed E-state index contributed by atoms with van der Waals surface area (Å²) in [5, 5.41) is 3.36. The summed E-state index contributed by atoms with van der Waals surface area (Å²) < 4.78 is 5.38. The third-order valence-corrected chi connectivity index (χ3v) is 4.13. The summed E-state index contributed by atoms with van der Waals surface area (Å²) in [5.41, 5.74) is 1.64. The van der Waals surface area contributed by atoms with Crippen LogP contribution < -0.4 is 5.32 Å². The Kier molecular flexibility index (Phi) is 7.67. The minimum atomic E-state index is -0.591. The predicted molar refractivity (Wildman–Crippen MR) is 105 cm³/mol. The zero-order valence-corrected chi connectivity index (χ0v) is 17.1. The molecule has 1 aliphatic heterocycles. The lowest BCUT2D eigenvalue weighted by Crippen LogP contribution is -2.47. The molecular weight excluding hydrogens is 328 g/mol. The fourth-order valence-electron chi connectivity index (χ4n) is 2.90. The molecule has 1 aliphatic rings. The second kappa shape index (κ2) is 9.06. The minimum Gasteiger partial charge on any atom is -0.459 e.